The monoisotopic (exact) mass is 341 g/mol. The van der Waals surface area contributed by atoms with Crippen LogP contribution in [0.5, 0.6) is 0 Å². The van der Waals surface area contributed by atoms with Crippen LogP contribution < -0.4 is 5.32 Å². The minimum Gasteiger partial charge on any atom is -0.311 e. The van der Waals surface area contributed by atoms with Crippen LogP contribution in [0.4, 0.5) is 5.82 Å². The Bertz CT molecular complexity index is 877. The van der Waals surface area contributed by atoms with Crippen molar-refractivity contribution in [1.29, 1.82) is 0 Å². The van der Waals surface area contributed by atoms with E-state index in [0.717, 1.165) is 29.2 Å². The highest BCUT2D eigenvalue weighted by atomic mass is 32.1. The third kappa shape index (κ3) is 2.54. The molecule has 7 heteroatoms. The topological polar surface area (TPSA) is 64.7 Å². The highest BCUT2D eigenvalue weighted by Gasteiger charge is 2.31. The van der Waals surface area contributed by atoms with E-state index in [1.54, 1.807) is 11.3 Å². The van der Waals surface area contributed by atoms with Crippen molar-refractivity contribution in [2.75, 3.05) is 5.32 Å². The van der Waals surface area contributed by atoms with Gasteiger partial charge in [0.25, 0.3) is 0 Å². The average molecular weight is 341 g/mol. The number of nitrogens with one attached hydrogen (secondary N) is 1. The van der Waals surface area contributed by atoms with Crippen LogP contribution in [0, 0.1) is 6.92 Å². The summed E-state index contributed by atoms with van der Waals surface area (Å²) in [5.74, 6) is 0.864. The van der Waals surface area contributed by atoms with Gasteiger partial charge in [-0.1, -0.05) is 6.07 Å². The number of carbonyl (C=O) groups is 1. The molecule has 0 unspecified atom stereocenters. The predicted molar refractivity (Wildman–Crippen MR) is 93.4 cm³/mol. The molecular weight excluding hydrogens is 322 g/mol. The molecule has 0 saturated heterocycles. The van der Waals surface area contributed by atoms with Crippen molar-refractivity contribution in [2.24, 2.45) is 0 Å². The van der Waals surface area contributed by atoms with Crippen LogP contribution in [0.2, 0.25) is 0 Å². The van der Waals surface area contributed by atoms with E-state index in [1.165, 1.54) is 4.88 Å². The van der Waals surface area contributed by atoms with Crippen molar-refractivity contribution in [3.8, 4) is 0 Å². The molecule has 24 heavy (non-hydrogen) atoms. The second kappa shape index (κ2) is 5.90. The van der Waals surface area contributed by atoms with Crippen molar-refractivity contribution in [3.05, 3.63) is 51.6 Å². The highest BCUT2D eigenvalue weighted by molar-refractivity contribution is 7.09. The van der Waals surface area contributed by atoms with Crippen LogP contribution >= 0.6 is 11.3 Å². The SMILES string of the molecule is CCn1cc([C@H]2CC(=O)Nc3c2cnn3Cc2cccs2)c(C)n1. The normalized spacial score (nSPS) is 16.9. The Morgan fingerprint density at radius 2 is 2.29 bits per heavy atom. The lowest BCUT2D eigenvalue weighted by Gasteiger charge is -2.23. The molecule has 0 spiro atoms. The highest BCUT2D eigenvalue weighted by Crippen LogP contribution is 2.38. The van der Waals surface area contributed by atoms with E-state index in [-0.39, 0.29) is 11.8 Å². The van der Waals surface area contributed by atoms with Gasteiger partial charge in [0.1, 0.15) is 5.82 Å². The molecule has 0 fully saturated rings. The van der Waals surface area contributed by atoms with Gasteiger partial charge in [-0.25, -0.2) is 4.68 Å². The molecule has 1 aliphatic heterocycles. The number of aromatic nitrogens is 4. The molecule has 0 bridgehead atoms. The van der Waals surface area contributed by atoms with Gasteiger partial charge in [-0.3, -0.25) is 9.48 Å². The molecule has 1 atom stereocenters. The maximum Gasteiger partial charge on any atom is 0.226 e. The fourth-order valence-corrected chi connectivity index (χ4v) is 3.94. The lowest BCUT2D eigenvalue weighted by molar-refractivity contribution is -0.116. The van der Waals surface area contributed by atoms with E-state index in [0.29, 0.717) is 13.0 Å². The van der Waals surface area contributed by atoms with Crippen LogP contribution in [0.25, 0.3) is 0 Å². The summed E-state index contributed by atoms with van der Waals surface area (Å²) >= 11 is 1.69. The van der Waals surface area contributed by atoms with Crippen LogP contribution in [-0.2, 0) is 17.9 Å². The number of aryl methyl sites for hydroxylation is 2. The molecule has 1 amide bonds. The molecule has 124 valence electrons. The summed E-state index contributed by atoms with van der Waals surface area (Å²) in [5.41, 5.74) is 3.17. The number of hydrogen-bond donors (Lipinski definition) is 1. The van der Waals surface area contributed by atoms with Gasteiger partial charge in [0, 0.05) is 41.1 Å². The van der Waals surface area contributed by atoms with Gasteiger partial charge < -0.3 is 5.32 Å². The number of fused-ring (bicyclic) bond motifs is 1. The van der Waals surface area contributed by atoms with Gasteiger partial charge in [-0.05, 0) is 25.3 Å². The summed E-state index contributed by atoms with van der Waals surface area (Å²) in [5, 5.41) is 14.1. The Kier molecular flexibility index (Phi) is 3.72. The van der Waals surface area contributed by atoms with Gasteiger partial charge in [0.2, 0.25) is 5.91 Å². The minimum absolute atomic E-state index is 0.0196. The van der Waals surface area contributed by atoms with Crippen LogP contribution in [-0.4, -0.2) is 25.5 Å². The van der Waals surface area contributed by atoms with Gasteiger partial charge in [0.05, 0.1) is 18.4 Å². The van der Waals surface area contributed by atoms with Gasteiger partial charge in [0.15, 0.2) is 0 Å². The van der Waals surface area contributed by atoms with Crippen molar-refractivity contribution in [1.82, 2.24) is 19.6 Å². The summed E-state index contributed by atoms with van der Waals surface area (Å²) in [6.07, 6.45) is 4.38. The zero-order chi connectivity index (χ0) is 16.7. The number of rotatable bonds is 4. The molecule has 4 heterocycles. The first-order chi connectivity index (χ1) is 11.7. The largest absolute Gasteiger partial charge is 0.311 e. The van der Waals surface area contributed by atoms with E-state index in [9.17, 15) is 4.79 Å². The Hall–Kier alpha value is -2.41. The molecule has 1 aliphatic rings. The third-order valence-corrected chi connectivity index (χ3v) is 5.32. The number of anilines is 1. The van der Waals surface area contributed by atoms with Crippen LogP contribution in [0.1, 0.15) is 41.0 Å². The molecule has 1 N–H and O–H groups in total. The van der Waals surface area contributed by atoms with E-state index >= 15 is 0 Å². The molecule has 4 rings (SSSR count). The average Bonchev–Trinajstić information content (AvgIpc) is 3.28. The molecule has 0 aromatic carbocycles. The summed E-state index contributed by atoms with van der Waals surface area (Å²) in [7, 11) is 0. The second-order valence-electron chi connectivity index (χ2n) is 6.02. The van der Waals surface area contributed by atoms with Crippen molar-refractivity contribution in [2.45, 2.75) is 39.3 Å². The van der Waals surface area contributed by atoms with E-state index in [2.05, 4.69) is 40.1 Å². The van der Waals surface area contributed by atoms with E-state index in [4.69, 9.17) is 0 Å². The van der Waals surface area contributed by atoms with Gasteiger partial charge in [-0.2, -0.15) is 10.2 Å². The van der Waals surface area contributed by atoms with Crippen LogP contribution in [0.3, 0.4) is 0 Å². The minimum atomic E-state index is 0.0196. The molecule has 0 radical (unpaired) electrons. The zero-order valence-electron chi connectivity index (χ0n) is 13.7. The molecular formula is C17H19N5OS. The Morgan fingerprint density at radius 3 is 3.00 bits per heavy atom. The van der Waals surface area contributed by atoms with Crippen molar-refractivity contribution >= 4 is 23.1 Å². The maximum absolute atomic E-state index is 12.3. The molecule has 3 aromatic rings. The van der Waals surface area contributed by atoms with E-state index in [1.807, 2.05) is 28.6 Å². The first-order valence-electron chi connectivity index (χ1n) is 8.07. The molecule has 0 aliphatic carbocycles. The first-order valence-corrected chi connectivity index (χ1v) is 8.95. The third-order valence-electron chi connectivity index (χ3n) is 4.46. The summed E-state index contributed by atoms with van der Waals surface area (Å²) < 4.78 is 3.80. The molecule has 6 nitrogen and oxygen atoms in total. The fourth-order valence-electron chi connectivity index (χ4n) is 3.25. The number of thiophene rings is 1. The number of hydrogen-bond acceptors (Lipinski definition) is 4. The fraction of sp³-hybridized carbons (Fsp3) is 0.353. The van der Waals surface area contributed by atoms with Gasteiger partial charge in [-0.15, -0.1) is 11.3 Å². The van der Waals surface area contributed by atoms with E-state index < -0.39 is 0 Å². The van der Waals surface area contributed by atoms with Gasteiger partial charge >= 0.3 is 0 Å². The Morgan fingerprint density at radius 1 is 1.42 bits per heavy atom. The number of nitrogens with zero attached hydrogens (tertiary/aromatic N) is 4. The standard InChI is InChI=1S/C17H19N5OS/c1-3-21-10-15(11(2)20-21)13-7-16(23)19-17-14(13)8-18-22(17)9-12-5-4-6-24-12/h4-6,8,10,13H,3,7,9H2,1-2H3,(H,19,23)/t13-/m0/s1. The second-order valence-corrected chi connectivity index (χ2v) is 7.05. The van der Waals surface area contributed by atoms with Crippen LogP contribution in [0.15, 0.2) is 29.9 Å². The summed E-state index contributed by atoms with van der Waals surface area (Å²) in [4.78, 5) is 13.5. The summed E-state index contributed by atoms with van der Waals surface area (Å²) in [6, 6.07) is 4.11. The smallest absolute Gasteiger partial charge is 0.226 e. The Labute approximate surface area is 144 Å². The maximum atomic E-state index is 12.3. The first kappa shape index (κ1) is 15.1. The summed E-state index contributed by atoms with van der Waals surface area (Å²) in [6.45, 7) is 5.56. The number of carbonyl (C=O) groups excluding carboxylic acids is 1. The zero-order valence-corrected chi connectivity index (χ0v) is 14.5. The lowest BCUT2D eigenvalue weighted by atomic mass is 9.88. The van der Waals surface area contributed by atoms with Crippen molar-refractivity contribution in [3.63, 3.8) is 0 Å². The quantitative estimate of drug-likeness (QED) is 0.793. The lowest BCUT2D eigenvalue weighted by Crippen LogP contribution is -2.25. The predicted octanol–water partition coefficient (Wildman–Crippen LogP) is 2.99. The van der Waals surface area contributed by atoms with Crippen molar-refractivity contribution < 1.29 is 4.79 Å². The molecule has 3 aromatic heterocycles. The Balaban J connectivity index is 1.73. The molecule has 0 saturated carbocycles. The number of amides is 1.